The Hall–Kier alpha value is -3.03. The molecule has 0 heterocycles. The quantitative estimate of drug-likeness (QED) is 0.744. The molecule has 0 aliphatic carbocycles. The average molecular weight is 341 g/mol. The van der Waals surface area contributed by atoms with Crippen LogP contribution in [0.1, 0.15) is 26.3 Å². The number of nitrogens with one attached hydrogen (secondary N) is 1. The van der Waals surface area contributed by atoms with Crippen molar-refractivity contribution in [3.63, 3.8) is 0 Å². The van der Waals surface area contributed by atoms with Gasteiger partial charge in [0.15, 0.2) is 11.6 Å². The summed E-state index contributed by atoms with van der Waals surface area (Å²) in [5, 5.41) is 19.7. The third-order valence-electron chi connectivity index (χ3n) is 3.06. The second kappa shape index (κ2) is 8.00. The van der Waals surface area contributed by atoms with E-state index in [0.29, 0.717) is 6.07 Å². The Kier molecular flexibility index (Phi) is 6.34. The molecule has 24 heavy (non-hydrogen) atoms. The van der Waals surface area contributed by atoms with Crippen LogP contribution in [-0.4, -0.2) is 29.2 Å². The summed E-state index contributed by atoms with van der Waals surface area (Å²) in [6.45, 7) is 1.48. The van der Waals surface area contributed by atoms with Crippen molar-refractivity contribution in [2.45, 2.75) is 6.92 Å². The molecular formula is C16H14F3NO4. The number of carboxylic acid groups (broad SMARTS) is 2. The van der Waals surface area contributed by atoms with Gasteiger partial charge in [-0.05, 0) is 24.6 Å². The zero-order valence-corrected chi connectivity index (χ0v) is 12.7. The van der Waals surface area contributed by atoms with E-state index in [0.717, 1.165) is 6.07 Å². The molecule has 2 aromatic rings. The van der Waals surface area contributed by atoms with Gasteiger partial charge in [-0.15, -0.1) is 0 Å². The van der Waals surface area contributed by atoms with Gasteiger partial charge in [0.2, 0.25) is 0 Å². The van der Waals surface area contributed by atoms with Crippen molar-refractivity contribution in [1.29, 1.82) is 0 Å². The highest BCUT2D eigenvalue weighted by Gasteiger charge is 2.13. The highest BCUT2D eigenvalue weighted by molar-refractivity contribution is 5.96. The van der Waals surface area contributed by atoms with Crippen LogP contribution in [0.15, 0.2) is 30.3 Å². The Labute approximate surface area is 135 Å². The normalized spacial score (nSPS) is 9.71. The monoisotopic (exact) mass is 341 g/mol. The van der Waals surface area contributed by atoms with Gasteiger partial charge in [-0.3, -0.25) is 0 Å². The van der Waals surface area contributed by atoms with Gasteiger partial charge >= 0.3 is 11.9 Å². The van der Waals surface area contributed by atoms with E-state index >= 15 is 0 Å². The maximum atomic E-state index is 12.6. The molecule has 0 fully saturated rings. The van der Waals surface area contributed by atoms with Gasteiger partial charge in [0.25, 0.3) is 0 Å². The smallest absolute Gasteiger partial charge is 0.335 e. The molecule has 0 aliphatic heterocycles. The van der Waals surface area contributed by atoms with Gasteiger partial charge in [-0.2, -0.15) is 0 Å². The zero-order valence-electron chi connectivity index (χ0n) is 12.7. The fourth-order valence-electron chi connectivity index (χ4n) is 1.84. The molecule has 0 bridgehead atoms. The molecule has 2 aromatic carbocycles. The number of halogens is 3. The van der Waals surface area contributed by atoms with Gasteiger partial charge in [0.1, 0.15) is 5.82 Å². The Morgan fingerprint density at radius 1 is 1.00 bits per heavy atom. The van der Waals surface area contributed by atoms with Gasteiger partial charge in [-0.1, -0.05) is 6.07 Å². The lowest BCUT2D eigenvalue weighted by Crippen LogP contribution is -2.06. The van der Waals surface area contributed by atoms with Crippen molar-refractivity contribution in [3.8, 4) is 0 Å². The van der Waals surface area contributed by atoms with Crippen LogP contribution in [0.5, 0.6) is 0 Å². The number of carbonyl (C=O) groups is 2. The minimum atomic E-state index is -1.19. The highest BCUT2D eigenvalue weighted by atomic mass is 19.2. The molecule has 0 aromatic heterocycles. The lowest BCUT2D eigenvalue weighted by Gasteiger charge is -2.03. The van der Waals surface area contributed by atoms with Crippen LogP contribution < -0.4 is 5.32 Å². The summed E-state index contributed by atoms with van der Waals surface area (Å²) in [6, 6.07) is 5.56. The number of hydrogen-bond acceptors (Lipinski definition) is 3. The lowest BCUT2D eigenvalue weighted by molar-refractivity contribution is 0.0696. The molecule has 2 rings (SSSR count). The Balaban J connectivity index is 0.000000243. The molecule has 128 valence electrons. The summed E-state index contributed by atoms with van der Waals surface area (Å²) in [6.07, 6.45) is 0. The van der Waals surface area contributed by atoms with Gasteiger partial charge < -0.3 is 15.5 Å². The SMILES string of the molecule is CNc1cc(F)cc(F)c1F.Cc1c(C(=O)O)cccc1C(=O)O. The lowest BCUT2D eigenvalue weighted by atomic mass is 10.0. The van der Waals surface area contributed by atoms with Gasteiger partial charge in [0, 0.05) is 19.2 Å². The fourth-order valence-corrected chi connectivity index (χ4v) is 1.84. The van der Waals surface area contributed by atoms with E-state index in [1.54, 1.807) is 0 Å². The number of rotatable bonds is 3. The van der Waals surface area contributed by atoms with Crippen LogP contribution >= 0.6 is 0 Å². The molecule has 3 N–H and O–H groups in total. The predicted molar refractivity (Wildman–Crippen MR) is 81.0 cm³/mol. The Morgan fingerprint density at radius 3 is 1.92 bits per heavy atom. The number of anilines is 1. The number of hydrogen-bond donors (Lipinski definition) is 3. The molecule has 0 saturated heterocycles. The first-order valence-corrected chi connectivity index (χ1v) is 6.57. The van der Waals surface area contributed by atoms with Crippen LogP contribution in [0.25, 0.3) is 0 Å². The van der Waals surface area contributed by atoms with Crippen LogP contribution in [0, 0.1) is 24.4 Å². The fraction of sp³-hybridized carbons (Fsp3) is 0.125. The summed E-state index contributed by atoms with van der Waals surface area (Å²) in [4.78, 5) is 21.2. The molecule has 8 heteroatoms. The van der Waals surface area contributed by atoms with E-state index < -0.39 is 29.4 Å². The first-order chi connectivity index (χ1) is 11.2. The van der Waals surface area contributed by atoms with E-state index in [-0.39, 0.29) is 22.4 Å². The van der Waals surface area contributed by atoms with E-state index in [1.807, 2.05) is 0 Å². The minimum Gasteiger partial charge on any atom is -0.478 e. The molecule has 0 spiro atoms. The number of benzene rings is 2. The third kappa shape index (κ3) is 4.48. The van der Waals surface area contributed by atoms with Crippen molar-refractivity contribution < 1.29 is 33.0 Å². The maximum Gasteiger partial charge on any atom is 0.335 e. The van der Waals surface area contributed by atoms with Crippen molar-refractivity contribution in [3.05, 3.63) is 64.5 Å². The summed E-state index contributed by atoms with van der Waals surface area (Å²) in [5.74, 6) is -5.27. The maximum absolute atomic E-state index is 12.6. The summed E-state index contributed by atoms with van der Waals surface area (Å²) in [5.41, 5.74) is 0.157. The molecular weight excluding hydrogens is 327 g/mol. The Morgan fingerprint density at radius 2 is 1.50 bits per heavy atom. The van der Waals surface area contributed by atoms with Crippen LogP contribution in [-0.2, 0) is 0 Å². The minimum absolute atomic E-state index is 0.0277. The molecule has 5 nitrogen and oxygen atoms in total. The summed E-state index contributed by atoms with van der Waals surface area (Å²) >= 11 is 0. The topological polar surface area (TPSA) is 86.6 Å². The molecule has 0 aliphatic rings. The molecule has 0 amide bonds. The largest absolute Gasteiger partial charge is 0.478 e. The molecule has 0 radical (unpaired) electrons. The summed E-state index contributed by atoms with van der Waals surface area (Å²) < 4.78 is 37.3. The number of aromatic carboxylic acids is 2. The molecule has 0 atom stereocenters. The van der Waals surface area contributed by atoms with Crippen molar-refractivity contribution in [1.82, 2.24) is 0 Å². The number of carboxylic acids is 2. The van der Waals surface area contributed by atoms with Crippen molar-refractivity contribution in [2.75, 3.05) is 12.4 Å². The second-order valence-electron chi connectivity index (χ2n) is 4.59. The third-order valence-corrected chi connectivity index (χ3v) is 3.06. The van der Waals surface area contributed by atoms with E-state index in [9.17, 15) is 22.8 Å². The average Bonchev–Trinajstić information content (AvgIpc) is 2.51. The van der Waals surface area contributed by atoms with E-state index in [2.05, 4.69) is 5.32 Å². The molecule has 0 unspecified atom stereocenters. The predicted octanol–water partition coefficient (Wildman–Crippen LogP) is 3.54. The van der Waals surface area contributed by atoms with Crippen molar-refractivity contribution >= 4 is 17.6 Å². The highest BCUT2D eigenvalue weighted by Crippen LogP contribution is 2.18. The first kappa shape index (κ1) is 19.0. The van der Waals surface area contributed by atoms with Gasteiger partial charge in [0.05, 0.1) is 16.8 Å². The molecule has 0 saturated carbocycles. The van der Waals surface area contributed by atoms with Crippen LogP contribution in [0.4, 0.5) is 18.9 Å². The van der Waals surface area contributed by atoms with Gasteiger partial charge in [-0.25, -0.2) is 22.8 Å². The first-order valence-electron chi connectivity index (χ1n) is 6.57. The van der Waals surface area contributed by atoms with Crippen LogP contribution in [0.2, 0.25) is 0 Å². The summed E-state index contributed by atoms with van der Waals surface area (Å²) in [7, 11) is 1.39. The second-order valence-corrected chi connectivity index (χ2v) is 4.59. The van der Waals surface area contributed by atoms with Crippen molar-refractivity contribution in [2.24, 2.45) is 0 Å². The standard InChI is InChI=1S/C9H8O4.C7H6F3N/c1-5-6(8(10)11)3-2-4-7(5)9(12)13;1-11-6-3-4(8)2-5(9)7(6)10/h2-4H,1H3,(H,10,11)(H,12,13);2-3,11H,1H3. The zero-order chi connectivity index (χ0) is 18.4. The van der Waals surface area contributed by atoms with Crippen LogP contribution in [0.3, 0.4) is 0 Å². The van der Waals surface area contributed by atoms with E-state index in [4.69, 9.17) is 10.2 Å². The Bertz CT molecular complexity index is 746. The van der Waals surface area contributed by atoms with E-state index in [1.165, 1.54) is 32.2 Å².